The van der Waals surface area contributed by atoms with Gasteiger partial charge in [0.2, 0.25) is 5.91 Å². The van der Waals surface area contributed by atoms with Crippen molar-refractivity contribution in [3.05, 3.63) is 35.9 Å². The fourth-order valence-electron chi connectivity index (χ4n) is 3.33. The monoisotopic (exact) mass is 340 g/mol. The predicted molar refractivity (Wildman–Crippen MR) is 88.8 cm³/mol. The van der Waals surface area contributed by atoms with Crippen molar-refractivity contribution in [1.29, 1.82) is 0 Å². The molecule has 1 saturated heterocycles. The normalized spacial score (nSPS) is 18.0. The Morgan fingerprint density at radius 3 is 3.00 bits per heavy atom. The number of aryl methyl sites for hydroxylation is 2. The van der Waals surface area contributed by atoms with Gasteiger partial charge in [0.25, 0.3) is 5.78 Å². The minimum Gasteiger partial charge on any atom is -0.340 e. The molecule has 0 bridgehead atoms. The molecule has 130 valence electrons. The van der Waals surface area contributed by atoms with Crippen LogP contribution in [0.1, 0.15) is 36.1 Å². The predicted octanol–water partition coefficient (Wildman–Crippen LogP) is 0.739. The minimum absolute atomic E-state index is 0.0371. The molecule has 1 aliphatic heterocycles. The third kappa shape index (κ3) is 3.09. The molecule has 1 aliphatic rings. The number of hydrogen-bond donors (Lipinski definition) is 0. The third-order valence-corrected chi connectivity index (χ3v) is 4.53. The number of carbonyl (C=O) groups excluding carboxylic acids is 1. The van der Waals surface area contributed by atoms with Crippen molar-refractivity contribution in [2.75, 3.05) is 13.1 Å². The smallest absolute Gasteiger partial charge is 0.252 e. The van der Waals surface area contributed by atoms with Crippen molar-refractivity contribution in [2.45, 2.75) is 39.2 Å². The van der Waals surface area contributed by atoms with Crippen molar-refractivity contribution in [3.8, 4) is 0 Å². The van der Waals surface area contributed by atoms with E-state index in [9.17, 15) is 4.79 Å². The molecular formula is C16H20N8O. The Balaban J connectivity index is 1.49. The number of amides is 1. The number of nitrogens with zero attached hydrogens (tertiary/aromatic N) is 8. The van der Waals surface area contributed by atoms with Gasteiger partial charge < -0.3 is 4.90 Å². The maximum Gasteiger partial charge on any atom is 0.252 e. The molecule has 1 fully saturated rings. The van der Waals surface area contributed by atoms with Crippen LogP contribution in [0.3, 0.4) is 0 Å². The molecule has 0 aromatic carbocycles. The summed E-state index contributed by atoms with van der Waals surface area (Å²) < 4.78 is 3.52. The van der Waals surface area contributed by atoms with Crippen LogP contribution in [0, 0.1) is 13.8 Å². The van der Waals surface area contributed by atoms with Crippen molar-refractivity contribution >= 4 is 11.7 Å². The lowest BCUT2D eigenvalue weighted by Gasteiger charge is -2.32. The van der Waals surface area contributed by atoms with Crippen molar-refractivity contribution in [1.82, 2.24) is 39.2 Å². The first-order valence-electron chi connectivity index (χ1n) is 8.42. The van der Waals surface area contributed by atoms with Gasteiger partial charge in [0.1, 0.15) is 12.7 Å². The Kier molecular flexibility index (Phi) is 3.90. The Morgan fingerprint density at radius 1 is 1.32 bits per heavy atom. The molecule has 9 nitrogen and oxygen atoms in total. The Bertz CT molecular complexity index is 900. The van der Waals surface area contributed by atoms with Crippen molar-refractivity contribution in [2.24, 2.45) is 0 Å². The summed E-state index contributed by atoms with van der Waals surface area (Å²) in [5.41, 5.74) is 1.85. The summed E-state index contributed by atoms with van der Waals surface area (Å²) in [6.07, 6.45) is 5.38. The number of carbonyl (C=O) groups is 1. The highest BCUT2D eigenvalue weighted by Crippen LogP contribution is 2.20. The summed E-state index contributed by atoms with van der Waals surface area (Å²) in [6, 6.07) is 2.13. The van der Waals surface area contributed by atoms with Gasteiger partial charge in [-0.2, -0.15) is 10.1 Å². The van der Waals surface area contributed by atoms with E-state index in [1.807, 2.05) is 29.5 Å². The van der Waals surface area contributed by atoms with Crippen LogP contribution in [-0.2, 0) is 11.2 Å². The molecule has 4 heterocycles. The summed E-state index contributed by atoms with van der Waals surface area (Å²) in [4.78, 5) is 27.3. The van der Waals surface area contributed by atoms with Gasteiger partial charge >= 0.3 is 0 Å². The summed E-state index contributed by atoms with van der Waals surface area (Å²) in [7, 11) is 0. The first-order chi connectivity index (χ1) is 12.1. The average Bonchev–Trinajstić information content (AvgIpc) is 3.24. The highest BCUT2D eigenvalue weighted by Gasteiger charge is 2.26. The molecule has 0 N–H and O–H groups in total. The molecule has 9 heteroatoms. The highest BCUT2D eigenvalue weighted by atomic mass is 16.2. The zero-order chi connectivity index (χ0) is 17.4. The lowest BCUT2D eigenvalue weighted by molar-refractivity contribution is -0.132. The molecule has 0 aliphatic carbocycles. The summed E-state index contributed by atoms with van der Waals surface area (Å²) >= 11 is 0. The Morgan fingerprint density at radius 2 is 2.20 bits per heavy atom. The van der Waals surface area contributed by atoms with Gasteiger partial charge in [0.15, 0.2) is 5.82 Å². The molecule has 25 heavy (non-hydrogen) atoms. The van der Waals surface area contributed by atoms with Crippen molar-refractivity contribution in [3.63, 3.8) is 0 Å². The van der Waals surface area contributed by atoms with Crippen LogP contribution in [0.25, 0.3) is 5.78 Å². The van der Waals surface area contributed by atoms with Gasteiger partial charge in [0.05, 0.1) is 12.5 Å². The van der Waals surface area contributed by atoms with E-state index < -0.39 is 0 Å². The molecular weight excluding hydrogens is 320 g/mol. The highest BCUT2D eigenvalue weighted by molar-refractivity contribution is 5.78. The van der Waals surface area contributed by atoms with Crippen LogP contribution in [-0.4, -0.2) is 58.2 Å². The van der Waals surface area contributed by atoms with Gasteiger partial charge in [-0.25, -0.2) is 19.2 Å². The van der Waals surface area contributed by atoms with Crippen LogP contribution in [0.2, 0.25) is 0 Å². The number of aromatic nitrogens is 7. The van der Waals surface area contributed by atoms with E-state index in [2.05, 4.69) is 25.1 Å². The fraction of sp³-hybridized carbons (Fsp3) is 0.500. The standard InChI is InChI=1S/C16H20N8O/c1-11-6-12(2)24-16(19-11)20-14(21-24)7-15(25)22-5-3-4-13(8-22)23-10-17-9-18-23/h6,9-10,13H,3-5,7-8H2,1-2H3/t13-/m0/s1. The Hall–Kier alpha value is -2.84. The lowest BCUT2D eigenvalue weighted by atomic mass is 10.1. The largest absolute Gasteiger partial charge is 0.340 e. The molecule has 3 aromatic heterocycles. The zero-order valence-electron chi connectivity index (χ0n) is 14.3. The minimum atomic E-state index is 0.0371. The molecule has 0 unspecified atom stereocenters. The molecule has 0 spiro atoms. The first kappa shape index (κ1) is 15.7. The maximum atomic E-state index is 12.7. The first-order valence-corrected chi connectivity index (χ1v) is 8.42. The molecule has 1 atom stereocenters. The van der Waals surface area contributed by atoms with Gasteiger partial charge in [-0.3, -0.25) is 4.79 Å². The van der Waals surface area contributed by atoms with Crippen LogP contribution >= 0.6 is 0 Å². The second-order valence-electron chi connectivity index (χ2n) is 6.47. The van der Waals surface area contributed by atoms with E-state index >= 15 is 0 Å². The molecule has 4 rings (SSSR count). The van der Waals surface area contributed by atoms with E-state index in [4.69, 9.17) is 0 Å². The number of fused-ring (bicyclic) bond motifs is 1. The molecule has 0 radical (unpaired) electrons. The summed E-state index contributed by atoms with van der Waals surface area (Å²) in [5, 5.41) is 8.62. The second kappa shape index (κ2) is 6.23. The summed E-state index contributed by atoms with van der Waals surface area (Å²) in [5.74, 6) is 1.09. The summed E-state index contributed by atoms with van der Waals surface area (Å²) in [6.45, 7) is 5.28. The van der Waals surface area contributed by atoms with E-state index in [1.54, 1.807) is 10.8 Å². The SMILES string of the molecule is Cc1cc(C)n2nc(CC(=O)N3CCC[C@H](n4cncn4)C3)nc2n1. The number of likely N-dealkylation sites (tertiary alicyclic amines) is 1. The van der Waals surface area contributed by atoms with Crippen LogP contribution in [0.5, 0.6) is 0 Å². The number of hydrogen-bond acceptors (Lipinski definition) is 6. The Labute approximate surface area is 144 Å². The second-order valence-corrected chi connectivity index (χ2v) is 6.47. The van der Waals surface area contributed by atoms with Crippen LogP contribution in [0.4, 0.5) is 0 Å². The average molecular weight is 340 g/mol. The van der Waals surface area contributed by atoms with Gasteiger partial charge in [0, 0.05) is 24.5 Å². The molecule has 1 amide bonds. The van der Waals surface area contributed by atoms with Gasteiger partial charge in [-0.1, -0.05) is 0 Å². The molecule has 3 aromatic rings. The van der Waals surface area contributed by atoms with E-state index in [0.717, 1.165) is 30.8 Å². The number of rotatable bonds is 3. The van der Waals surface area contributed by atoms with Gasteiger partial charge in [-0.05, 0) is 32.8 Å². The van der Waals surface area contributed by atoms with E-state index in [1.165, 1.54) is 6.33 Å². The quantitative estimate of drug-likeness (QED) is 0.698. The zero-order valence-corrected chi connectivity index (χ0v) is 14.3. The lowest BCUT2D eigenvalue weighted by Crippen LogP contribution is -2.41. The van der Waals surface area contributed by atoms with Crippen LogP contribution in [0.15, 0.2) is 18.7 Å². The van der Waals surface area contributed by atoms with Crippen molar-refractivity contribution < 1.29 is 4.79 Å². The topological polar surface area (TPSA) is 94.1 Å². The molecule has 0 saturated carbocycles. The van der Waals surface area contributed by atoms with E-state index in [-0.39, 0.29) is 18.4 Å². The maximum absolute atomic E-state index is 12.7. The van der Waals surface area contributed by atoms with Gasteiger partial charge in [-0.15, -0.1) is 5.10 Å². The van der Waals surface area contributed by atoms with E-state index in [0.29, 0.717) is 18.1 Å². The van der Waals surface area contributed by atoms with Crippen LogP contribution < -0.4 is 0 Å². The fourth-order valence-corrected chi connectivity index (χ4v) is 3.33. The third-order valence-electron chi connectivity index (χ3n) is 4.53. The number of piperidine rings is 1.